The average molecular weight is 394 g/mol. The van der Waals surface area contributed by atoms with Crippen LogP contribution in [0.4, 0.5) is 11.5 Å². The molecule has 3 heterocycles. The quantitative estimate of drug-likeness (QED) is 0.733. The zero-order chi connectivity index (χ0) is 18.9. The fraction of sp³-hybridized carbons (Fsp3) is 0.444. The van der Waals surface area contributed by atoms with Gasteiger partial charge in [0.2, 0.25) is 0 Å². The minimum absolute atomic E-state index is 0.119. The Bertz CT molecular complexity index is 804. The number of nitrogens with two attached hydrogens (primary N) is 2. The molecule has 0 saturated carbocycles. The summed E-state index contributed by atoms with van der Waals surface area (Å²) in [5.74, 6) is 0.298. The molecule has 1 fully saturated rings. The van der Waals surface area contributed by atoms with Crippen LogP contribution >= 0.6 is 23.4 Å². The number of piperidine rings is 1. The molecule has 2 aromatic heterocycles. The van der Waals surface area contributed by atoms with Crippen molar-refractivity contribution in [2.45, 2.75) is 48.8 Å². The van der Waals surface area contributed by atoms with Gasteiger partial charge in [0.15, 0.2) is 0 Å². The third kappa shape index (κ3) is 4.06. The number of aromatic nitrogens is 2. The standard InChI is InChI=1S/C18H24ClN5OS/c1-11-9-13(24-7-4-18(2,21)5-8-24)12(10-25)23-17(11)26-14-3-6-22-16(20)15(14)19/h3,6,9,25H,4-5,7-8,10,21H2,1-2H3,(H2,20,22). The largest absolute Gasteiger partial charge is 0.390 e. The van der Waals surface area contributed by atoms with E-state index in [-0.39, 0.29) is 12.1 Å². The van der Waals surface area contributed by atoms with Crippen molar-refractivity contribution in [3.8, 4) is 0 Å². The van der Waals surface area contributed by atoms with Crippen LogP contribution in [0.1, 0.15) is 31.0 Å². The van der Waals surface area contributed by atoms with Gasteiger partial charge >= 0.3 is 0 Å². The molecule has 2 aromatic rings. The van der Waals surface area contributed by atoms with Crippen LogP contribution < -0.4 is 16.4 Å². The Morgan fingerprint density at radius 3 is 2.73 bits per heavy atom. The van der Waals surface area contributed by atoms with E-state index in [0.717, 1.165) is 47.1 Å². The van der Waals surface area contributed by atoms with E-state index in [4.69, 9.17) is 23.1 Å². The van der Waals surface area contributed by atoms with Gasteiger partial charge in [0.05, 0.1) is 23.0 Å². The highest BCUT2D eigenvalue weighted by Gasteiger charge is 2.27. The first-order chi connectivity index (χ1) is 12.3. The van der Waals surface area contributed by atoms with E-state index < -0.39 is 0 Å². The molecule has 0 atom stereocenters. The van der Waals surface area contributed by atoms with Crippen molar-refractivity contribution in [1.82, 2.24) is 9.97 Å². The van der Waals surface area contributed by atoms with E-state index in [9.17, 15) is 5.11 Å². The number of rotatable bonds is 4. The van der Waals surface area contributed by atoms with Crippen molar-refractivity contribution in [3.63, 3.8) is 0 Å². The average Bonchev–Trinajstić information content (AvgIpc) is 2.60. The number of aryl methyl sites for hydroxylation is 1. The molecule has 3 rings (SSSR count). The van der Waals surface area contributed by atoms with E-state index >= 15 is 0 Å². The van der Waals surface area contributed by atoms with Gasteiger partial charge in [-0.15, -0.1) is 0 Å². The fourth-order valence-corrected chi connectivity index (χ4v) is 4.13. The first-order valence-corrected chi connectivity index (χ1v) is 9.73. The van der Waals surface area contributed by atoms with Gasteiger partial charge < -0.3 is 21.5 Å². The maximum atomic E-state index is 9.85. The molecule has 6 nitrogen and oxygen atoms in total. The second-order valence-electron chi connectivity index (χ2n) is 6.99. The molecule has 0 unspecified atom stereocenters. The molecule has 0 aliphatic carbocycles. The molecule has 0 aromatic carbocycles. The lowest BCUT2D eigenvalue weighted by Crippen LogP contribution is -2.48. The number of anilines is 2. The highest BCUT2D eigenvalue weighted by atomic mass is 35.5. The summed E-state index contributed by atoms with van der Waals surface area (Å²) in [5.41, 5.74) is 14.6. The molecule has 1 aliphatic rings. The van der Waals surface area contributed by atoms with Crippen LogP contribution in [-0.4, -0.2) is 33.7 Å². The Balaban J connectivity index is 1.89. The molecule has 140 valence electrons. The van der Waals surface area contributed by atoms with Crippen LogP contribution in [0.3, 0.4) is 0 Å². The number of aliphatic hydroxyl groups excluding tert-OH is 1. The number of nitrogens with zero attached hydrogens (tertiary/aromatic N) is 3. The summed E-state index contributed by atoms with van der Waals surface area (Å²) < 4.78 is 0. The SMILES string of the molecule is Cc1cc(N2CCC(C)(N)CC2)c(CO)nc1Sc1ccnc(N)c1Cl. The predicted octanol–water partition coefficient (Wildman–Crippen LogP) is 2.98. The zero-order valence-electron chi connectivity index (χ0n) is 15.0. The Labute approximate surface area is 163 Å². The molecule has 0 spiro atoms. The number of aliphatic hydroxyl groups is 1. The van der Waals surface area contributed by atoms with Crippen molar-refractivity contribution in [2.24, 2.45) is 5.73 Å². The minimum Gasteiger partial charge on any atom is -0.390 e. The summed E-state index contributed by atoms with van der Waals surface area (Å²) in [7, 11) is 0. The van der Waals surface area contributed by atoms with E-state index in [2.05, 4.69) is 27.9 Å². The number of hydrogen-bond donors (Lipinski definition) is 3. The predicted molar refractivity (Wildman–Crippen MR) is 107 cm³/mol. The Kier molecular flexibility index (Phi) is 5.62. The molecule has 26 heavy (non-hydrogen) atoms. The molecule has 1 saturated heterocycles. The lowest BCUT2D eigenvalue weighted by molar-refractivity contribution is 0.275. The van der Waals surface area contributed by atoms with Gasteiger partial charge in [0.25, 0.3) is 0 Å². The molecule has 5 N–H and O–H groups in total. The molecule has 8 heteroatoms. The van der Waals surface area contributed by atoms with Gasteiger partial charge in [-0.2, -0.15) is 0 Å². The van der Waals surface area contributed by atoms with Crippen LogP contribution in [0.25, 0.3) is 0 Å². The topological polar surface area (TPSA) is 101 Å². The lowest BCUT2D eigenvalue weighted by Gasteiger charge is -2.38. The molecular formula is C18H24ClN5OS. The van der Waals surface area contributed by atoms with Gasteiger partial charge in [0, 0.05) is 29.7 Å². The third-order valence-corrected chi connectivity index (χ3v) is 6.38. The minimum atomic E-state index is -0.119. The second-order valence-corrected chi connectivity index (χ2v) is 8.39. The Morgan fingerprint density at radius 1 is 1.38 bits per heavy atom. The van der Waals surface area contributed by atoms with Crippen molar-refractivity contribution >= 4 is 34.9 Å². The van der Waals surface area contributed by atoms with Gasteiger partial charge in [0.1, 0.15) is 10.8 Å². The number of nitrogen functional groups attached to an aromatic ring is 1. The van der Waals surface area contributed by atoms with Crippen LogP contribution in [0.2, 0.25) is 5.02 Å². The van der Waals surface area contributed by atoms with Gasteiger partial charge in [-0.05, 0) is 44.4 Å². The van der Waals surface area contributed by atoms with Crippen LogP contribution in [-0.2, 0) is 6.61 Å². The highest BCUT2D eigenvalue weighted by molar-refractivity contribution is 7.99. The third-order valence-electron chi connectivity index (χ3n) is 4.71. The van der Waals surface area contributed by atoms with E-state index in [0.29, 0.717) is 16.5 Å². The summed E-state index contributed by atoms with van der Waals surface area (Å²) >= 11 is 7.67. The smallest absolute Gasteiger partial charge is 0.143 e. The van der Waals surface area contributed by atoms with Crippen LogP contribution in [0.15, 0.2) is 28.3 Å². The van der Waals surface area contributed by atoms with Gasteiger partial charge in [-0.25, -0.2) is 9.97 Å². The van der Waals surface area contributed by atoms with Crippen molar-refractivity contribution in [3.05, 3.63) is 34.6 Å². The van der Waals surface area contributed by atoms with Crippen molar-refractivity contribution < 1.29 is 5.11 Å². The molecular weight excluding hydrogens is 370 g/mol. The summed E-state index contributed by atoms with van der Waals surface area (Å²) in [6.07, 6.45) is 3.45. The van der Waals surface area contributed by atoms with E-state index in [1.54, 1.807) is 6.20 Å². The first-order valence-electron chi connectivity index (χ1n) is 8.54. The monoisotopic (exact) mass is 393 g/mol. The summed E-state index contributed by atoms with van der Waals surface area (Å²) in [5, 5.41) is 11.1. The van der Waals surface area contributed by atoms with Crippen LogP contribution in [0.5, 0.6) is 0 Å². The summed E-state index contributed by atoms with van der Waals surface area (Å²) in [4.78, 5) is 11.7. The molecule has 0 amide bonds. The first kappa shape index (κ1) is 19.2. The Morgan fingerprint density at radius 2 is 2.08 bits per heavy atom. The maximum Gasteiger partial charge on any atom is 0.143 e. The van der Waals surface area contributed by atoms with Gasteiger partial charge in [-0.1, -0.05) is 23.4 Å². The molecule has 0 bridgehead atoms. The number of halogens is 1. The normalized spacial score (nSPS) is 16.7. The van der Waals surface area contributed by atoms with Gasteiger partial charge in [-0.3, -0.25) is 0 Å². The highest BCUT2D eigenvalue weighted by Crippen LogP contribution is 2.38. The van der Waals surface area contributed by atoms with Crippen LogP contribution in [0, 0.1) is 6.92 Å². The zero-order valence-corrected chi connectivity index (χ0v) is 16.6. The Hall–Kier alpha value is -1.54. The maximum absolute atomic E-state index is 9.85. The van der Waals surface area contributed by atoms with E-state index in [1.165, 1.54) is 11.8 Å². The van der Waals surface area contributed by atoms with Crippen molar-refractivity contribution in [2.75, 3.05) is 23.7 Å². The fourth-order valence-electron chi connectivity index (χ4n) is 2.99. The lowest BCUT2D eigenvalue weighted by atomic mass is 9.90. The molecule has 0 radical (unpaired) electrons. The summed E-state index contributed by atoms with van der Waals surface area (Å²) in [6, 6.07) is 3.89. The van der Waals surface area contributed by atoms with E-state index in [1.807, 2.05) is 13.0 Å². The number of hydrogen-bond acceptors (Lipinski definition) is 7. The van der Waals surface area contributed by atoms with Crippen molar-refractivity contribution in [1.29, 1.82) is 0 Å². The second kappa shape index (κ2) is 7.60. The summed E-state index contributed by atoms with van der Waals surface area (Å²) in [6.45, 7) is 5.70. The molecule has 1 aliphatic heterocycles. The number of pyridine rings is 2.